The third-order valence-electron chi connectivity index (χ3n) is 3.34. The van der Waals surface area contributed by atoms with Crippen LogP contribution in [0.2, 0.25) is 0 Å². The minimum absolute atomic E-state index is 0.625. The van der Waals surface area contributed by atoms with E-state index in [1.165, 1.54) is 10.8 Å². The van der Waals surface area contributed by atoms with Gasteiger partial charge in [-0.2, -0.15) is 0 Å². The highest BCUT2D eigenvalue weighted by atomic mass is 16.3. The van der Waals surface area contributed by atoms with Gasteiger partial charge in [0.2, 0.25) is 0 Å². The van der Waals surface area contributed by atoms with Gasteiger partial charge in [0.25, 0.3) is 0 Å². The van der Waals surface area contributed by atoms with Crippen molar-refractivity contribution in [3.05, 3.63) is 72.8 Å². The van der Waals surface area contributed by atoms with Crippen LogP contribution in [0.3, 0.4) is 0 Å². The van der Waals surface area contributed by atoms with Crippen molar-refractivity contribution in [2.75, 3.05) is 0 Å². The van der Waals surface area contributed by atoms with Crippen molar-refractivity contribution in [3.63, 3.8) is 0 Å². The molecule has 1 heteroatoms. The average Bonchev–Trinajstić information content (AvgIpc) is 2.45. The number of hydrogen-bond acceptors (Lipinski definition) is 1. The number of aliphatic hydroxyl groups excluding tert-OH is 1. The van der Waals surface area contributed by atoms with E-state index < -0.39 is 6.10 Å². The van der Waals surface area contributed by atoms with Gasteiger partial charge in [0.05, 0.1) is 6.10 Å². The highest BCUT2D eigenvalue weighted by Crippen LogP contribution is 2.32. The molecule has 1 atom stereocenters. The summed E-state index contributed by atoms with van der Waals surface area (Å²) >= 11 is 0. The van der Waals surface area contributed by atoms with Crippen molar-refractivity contribution in [3.8, 4) is 0 Å². The van der Waals surface area contributed by atoms with E-state index in [-0.39, 0.29) is 0 Å². The lowest BCUT2D eigenvalue weighted by atomic mass is 9.94. The first-order valence-electron chi connectivity index (χ1n) is 6.02. The molecule has 0 aromatic heterocycles. The standard InChI is InChI=1S/C17H14O/c1-2-17(18)16-11-12-7-3-4-8-13(12)14-9-5-6-10-15(14)16/h2-11,17-18H,1H2. The second kappa shape index (κ2) is 4.28. The molecule has 0 radical (unpaired) electrons. The Hall–Kier alpha value is -2.12. The minimum Gasteiger partial charge on any atom is -0.384 e. The maximum Gasteiger partial charge on any atom is 0.0975 e. The molecule has 0 aliphatic carbocycles. The van der Waals surface area contributed by atoms with E-state index >= 15 is 0 Å². The smallest absolute Gasteiger partial charge is 0.0975 e. The predicted molar refractivity (Wildman–Crippen MR) is 76.6 cm³/mol. The molecular formula is C17H14O. The lowest BCUT2D eigenvalue weighted by Crippen LogP contribution is -1.94. The lowest BCUT2D eigenvalue weighted by Gasteiger charge is -2.12. The van der Waals surface area contributed by atoms with Crippen LogP contribution < -0.4 is 0 Å². The van der Waals surface area contributed by atoms with Crippen LogP contribution in [0.15, 0.2) is 67.3 Å². The summed E-state index contributed by atoms with van der Waals surface area (Å²) in [6.45, 7) is 3.67. The molecule has 0 aliphatic rings. The Balaban J connectivity index is 2.50. The molecule has 18 heavy (non-hydrogen) atoms. The quantitative estimate of drug-likeness (QED) is 0.520. The molecule has 3 rings (SSSR count). The van der Waals surface area contributed by atoms with Crippen LogP contribution in [0.25, 0.3) is 21.5 Å². The third-order valence-corrected chi connectivity index (χ3v) is 3.34. The second-order valence-corrected chi connectivity index (χ2v) is 4.41. The van der Waals surface area contributed by atoms with Crippen LogP contribution >= 0.6 is 0 Å². The Morgan fingerprint density at radius 3 is 2.22 bits per heavy atom. The second-order valence-electron chi connectivity index (χ2n) is 4.41. The molecule has 0 heterocycles. The summed E-state index contributed by atoms with van der Waals surface area (Å²) < 4.78 is 0. The molecule has 1 nitrogen and oxygen atoms in total. The molecule has 0 spiro atoms. The molecule has 0 amide bonds. The number of hydrogen-bond donors (Lipinski definition) is 1. The summed E-state index contributed by atoms with van der Waals surface area (Å²) in [7, 11) is 0. The van der Waals surface area contributed by atoms with Crippen molar-refractivity contribution >= 4 is 21.5 Å². The van der Waals surface area contributed by atoms with Crippen LogP contribution in [0.4, 0.5) is 0 Å². The summed E-state index contributed by atoms with van der Waals surface area (Å²) in [4.78, 5) is 0. The highest BCUT2D eigenvalue weighted by molar-refractivity contribution is 6.09. The summed E-state index contributed by atoms with van der Waals surface area (Å²) in [6.07, 6.45) is 0.941. The fraction of sp³-hybridized carbons (Fsp3) is 0.0588. The zero-order valence-corrected chi connectivity index (χ0v) is 10.0. The van der Waals surface area contributed by atoms with E-state index in [2.05, 4.69) is 24.8 Å². The van der Waals surface area contributed by atoms with Gasteiger partial charge in [-0.3, -0.25) is 0 Å². The van der Waals surface area contributed by atoms with E-state index in [1.54, 1.807) is 6.08 Å². The Bertz CT molecular complexity index is 728. The maximum absolute atomic E-state index is 10.1. The van der Waals surface area contributed by atoms with Crippen LogP contribution in [-0.4, -0.2) is 5.11 Å². The van der Waals surface area contributed by atoms with Gasteiger partial charge in [-0.15, -0.1) is 6.58 Å². The van der Waals surface area contributed by atoms with Gasteiger partial charge < -0.3 is 5.11 Å². The van der Waals surface area contributed by atoms with E-state index in [0.29, 0.717) is 0 Å². The number of rotatable bonds is 2. The first-order chi connectivity index (χ1) is 8.81. The number of fused-ring (bicyclic) bond motifs is 3. The third kappa shape index (κ3) is 1.60. The largest absolute Gasteiger partial charge is 0.384 e. The zero-order valence-electron chi connectivity index (χ0n) is 10.0. The Morgan fingerprint density at radius 1 is 0.889 bits per heavy atom. The minimum atomic E-state index is -0.625. The number of benzene rings is 3. The van der Waals surface area contributed by atoms with Crippen molar-refractivity contribution in [1.82, 2.24) is 0 Å². The molecule has 0 bridgehead atoms. The van der Waals surface area contributed by atoms with Crippen LogP contribution in [0.1, 0.15) is 11.7 Å². The SMILES string of the molecule is C=CC(O)c1cc2ccccc2c2ccccc12. The molecule has 3 aromatic rings. The molecule has 1 N–H and O–H groups in total. The normalized spacial score (nSPS) is 12.7. The Kier molecular flexibility index (Phi) is 2.62. The number of aliphatic hydroxyl groups is 1. The van der Waals surface area contributed by atoms with Crippen molar-refractivity contribution in [2.45, 2.75) is 6.10 Å². The van der Waals surface area contributed by atoms with Gasteiger partial charge >= 0.3 is 0 Å². The fourth-order valence-corrected chi connectivity index (χ4v) is 2.45. The van der Waals surface area contributed by atoms with Gasteiger partial charge in [0.1, 0.15) is 0 Å². The van der Waals surface area contributed by atoms with Crippen molar-refractivity contribution in [2.24, 2.45) is 0 Å². The Labute approximate surface area is 106 Å². The van der Waals surface area contributed by atoms with E-state index in [1.807, 2.05) is 36.4 Å². The van der Waals surface area contributed by atoms with Crippen LogP contribution in [0.5, 0.6) is 0 Å². The van der Waals surface area contributed by atoms with E-state index in [0.717, 1.165) is 16.3 Å². The molecule has 0 saturated carbocycles. The highest BCUT2D eigenvalue weighted by Gasteiger charge is 2.10. The summed E-state index contributed by atoms with van der Waals surface area (Å²) in [6, 6.07) is 18.4. The van der Waals surface area contributed by atoms with Crippen molar-refractivity contribution in [1.29, 1.82) is 0 Å². The summed E-state index contributed by atoms with van der Waals surface area (Å²) in [5.74, 6) is 0. The lowest BCUT2D eigenvalue weighted by molar-refractivity contribution is 0.231. The molecule has 0 fully saturated rings. The monoisotopic (exact) mass is 234 g/mol. The van der Waals surface area contributed by atoms with E-state index in [4.69, 9.17) is 0 Å². The molecule has 0 saturated heterocycles. The average molecular weight is 234 g/mol. The molecular weight excluding hydrogens is 220 g/mol. The van der Waals surface area contributed by atoms with Gasteiger partial charge in [-0.05, 0) is 33.2 Å². The first kappa shape index (κ1) is 11.0. The molecule has 1 unspecified atom stereocenters. The Morgan fingerprint density at radius 2 is 1.50 bits per heavy atom. The predicted octanol–water partition coefficient (Wildman–Crippen LogP) is 4.21. The maximum atomic E-state index is 10.1. The topological polar surface area (TPSA) is 20.2 Å². The van der Waals surface area contributed by atoms with Crippen molar-refractivity contribution < 1.29 is 5.11 Å². The van der Waals surface area contributed by atoms with Gasteiger partial charge in [-0.1, -0.05) is 54.6 Å². The van der Waals surface area contributed by atoms with Crippen LogP contribution in [-0.2, 0) is 0 Å². The van der Waals surface area contributed by atoms with Gasteiger partial charge in [-0.25, -0.2) is 0 Å². The molecule has 3 aromatic carbocycles. The first-order valence-corrected chi connectivity index (χ1v) is 6.02. The molecule has 0 aliphatic heterocycles. The van der Waals surface area contributed by atoms with Crippen LogP contribution in [0, 0.1) is 0 Å². The zero-order chi connectivity index (χ0) is 12.5. The van der Waals surface area contributed by atoms with E-state index in [9.17, 15) is 5.11 Å². The summed E-state index contributed by atoms with van der Waals surface area (Å²) in [5, 5.41) is 14.7. The van der Waals surface area contributed by atoms with Gasteiger partial charge in [0, 0.05) is 0 Å². The molecule has 88 valence electrons. The fourth-order valence-electron chi connectivity index (χ4n) is 2.45. The van der Waals surface area contributed by atoms with Gasteiger partial charge in [0.15, 0.2) is 0 Å². The summed E-state index contributed by atoms with van der Waals surface area (Å²) in [5.41, 5.74) is 0.916.